The van der Waals surface area contributed by atoms with Gasteiger partial charge in [-0.15, -0.1) is 0 Å². The lowest BCUT2D eigenvalue weighted by Gasteiger charge is -2.29. The average molecular weight is 406 g/mol. The van der Waals surface area contributed by atoms with E-state index in [0.29, 0.717) is 4.47 Å². The zero-order chi connectivity index (χ0) is 15.8. The Bertz CT molecular complexity index is 551. The van der Waals surface area contributed by atoms with Crippen LogP contribution in [0.4, 0.5) is 18.9 Å². The molecule has 0 bridgehead atoms. The predicted octanol–water partition coefficient (Wildman–Crippen LogP) is 4.24. The van der Waals surface area contributed by atoms with E-state index >= 15 is 0 Å². The largest absolute Gasteiger partial charge is 0.404 e. The average Bonchev–Trinajstić information content (AvgIpc) is 2.83. The molecule has 2 N–H and O–H groups in total. The van der Waals surface area contributed by atoms with E-state index in [9.17, 15) is 18.0 Å². The maximum Gasteiger partial charge on any atom is 0.404 e. The lowest BCUT2D eigenvalue weighted by Crippen LogP contribution is -2.49. The molecular weight excluding hydrogens is 396 g/mol. The second-order valence-corrected chi connectivity index (χ2v) is 6.44. The Balaban J connectivity index is 2.33. The zero-order valence-electron chi connectivity index (χ0n) is 10.5. The number of amides is 1. The van der Waals surface area contributed by atoms with Crippen molar-refractivity contribution in [2.45, 2.75) is 12.6 Å². The molecule has 3 nitrogen and oxygen atoms in total. The molecule has 2 rings (SSSR count). The van der Waals surface area contributed by atoms with Crippen molar-refractivity contribution in [3.8, 4) is 0 Å². The highest BCUT2D eigenvalue weighted by atomic mass is 79.9. The first-order valence-electron chi connectivity index (χ1n) is 5.91. The first-order chi connectivity index (χ1) is 9.67. The van der Waals surface area contributed by atoms with Crippen LogP contribution in [0.1, 0.15) is 6.42 Å². The molecule has 0 radical (unpaired) electrons. The first kappa shape index (κ1) is 16.9. The summed E-state index contributed by atoms with van der Waals surface area (Å²) in [6, 6.07) is 2.88. The van der Waals surface area contributed by atoms with Crippen molar-refractivity contribution in [3.63, 3.8) is 0 Å². The second kappa shape index (κ2) is 5.95. The van der Waals surface area contributed by atoms with Gasteiger partial charge in [0, 0.05) is 11.0 Å². The maximum atomic E-state index is 13.3. The normalized spacial score (nSPS) is 22.4. The van der Waals surface area contributed by atoms with Crippen molar-refractivity contribution in [2.24, 2.45) is 5.41 Å². The third-order valence-electron chi connectivity index (χ3n) is 3.38. The van der Waals surface area contributed by atoms with Crippen LogP contribution in [0.5, 0.6) is 0 Å². The number of hydrogen-bond acceptors (Lipinski definition) is 2. The minimum Gasteiger partial charge on any atom is -0.323 e. The summed E-state index contributed by atoms with van der Waals surface area (Å²) in [4.78, 5) is 12.2. The van der Waals surface area contributed by atoms with Gasteiger partial charge in [-0.3, -0.25) is 4.79 Å². The minimum absolute atomic E-state index is 0.0259. The molecule has 1 atom stereocenters. The molecule has 0 spiro atoms. The van der Waals surface area contributed by atoms with Crippen LogP contribution in [0, 0.1) is 5.41 Å². The molecule has 1 aromatic carbocycles. The third-order valence-corrected chi connectivity index (χ3v) is 4.43. The topological polar surface area (TPSA) is 41.1 Å². The minimum atomic E-state index is -4.66. The molecule has 9 heteroatoms. The number of benzene rings is 1. The van der Waals surface area contributed by atoms with Crippen LogP contribution in [0.3, 0.4) is 0 Å². The molecule has 1 unspecified atom stereocenters. The van der Waals surface area contributed by atoms with Gasteiger partial charge in [-0.25, -0.2) is 0 Å². The number of carbonyl (C=O) groups excluding carboxylic acids is 1. The fraction of sp³-hybridized carbons (Fsp3) is 0.417. The number of nitrogens with one attached hydrogen (secondary N) is 2. The molecule has 1 saturated heterocycles. The van der Waals surface area contributed by atoms with E-state index in [1.807, 2.05) is 0 Å². The third kappa shape index (κ3) is 3.16. The van der Waals surface area contributed by atoms with Crippen LogP contribution in [0.15, 0.2) is 16.6 Å². The van der Waals surface area contributed by atoms with Gasteiger partial charge in [-0.05, 0) is 25.1 Å². The summed E-state index contributed by atoms with van der Waals surface area (Å²) in [5.74, 6) is -1.16. The number of alkyl halides is 3. The fourth-order valence-electron chi connectivity index (χ4n) is 2.15. The van der Waals surface area contributed by atoms with Crippen molar-refractivity contribution >= 4 is 50.7 Å². The molecule has 0 saturated carbocycles. The Morgan fingerprint density at radius 1 is 1.33 bits per heavy atom. The molecular formula is C12H10BrCl2F3N2O. The van der Waals surface area contributed by atoms with Gasteiger partial charge in [0.2, 0.25) is 5.91 Å². The summed E-state index contributed by atoms with van der Waals surface area (Å²) in [7, 11) is 0. The van der Waals surface area contributed by atoms with Gasteiger partial charge < -0.3 is 10.6 Å². The van der Waals surface area contributed by atoms with E-state index in [4.69, 9.17) is 23.2 Å². The Labute approximate surface area is 137 Å². The van der Waals surface area contributed by atoms with E-state index in [-0.39, 0.29) is 28.7 Å². The SMILES string of the molecule is O=C(Nc1c(Cl)cc(Br)cc1Cl)C1(C(F)(F)F)CCNC1. The molecule has 1 amide bonds. The molecule has 1 aliphatic rings. The molecule has 1 aliphatic heterocycles. The number of hydrogen-bond donors (Lipinski definition) is 2. The zero-order valence-corrected chi connectivity index (χ0v) is 13.5. The van der Waals surface area contributed by atoms with E-state index in [0.717, 1.165) is 0 Å². The van der Waals surface area contributed by atoms with E-state index < -0.39 is 24.0 Å². The second-order valence-electron chi connectivity index (χ2n) is 4.71. The highest BCUT2D eigenvalue weighted by Crippen LogP contribution is 2.45. The molecule has 0 aromatic heterocycles. The van der Waals surface area contributed by atoms with Gasteiger partial charge in [0.1, 0.15) is 0 Å². The van der Waals surface area contributed by atoms with Gasteiger partial charge in [0.15, 0.2) is 5.41 Å². The monoisotopic (exact) mass is 404 g/mol. The van der Waals surface area contributed by atoms with Crippen LogP contribution in [0.2, 0.25) is 10.0 Å². The Morgan fingerprint density at radius 3 is 2.33 bits per heavy atom. The molecule has 0 aliphatic carbocycles. The smallest absolute Gasteiger partial charge is 0.323 e. The van der Waals surface area contributed by atoms with Crippen LogP contribution in [0.25, 0.3) is 0 Å². The molecule has 116 valence electrons. The maximum absolute atomic E-state index is 13.3. The number of rotatable bonds is 2. The van der Waals surface area contributed by atoms with E-state index in [1.165, 1.54) is 12.1 Å². The van der Waals surface area contributed by atoms with Crippen molar-refractivity contribution in [1.82, 2.24) is 5.32 Å². The van der Waals surface area contributed by atoms with Crippen molar-refractivity contribution < 1.29 is 18.0 Å². The molecule has 1 heterocycles. The van der Waals surface area contributed by atoms with Crippen LogP contribution in [-0.4, -0.2) is 25.2 Å². The Hall–Kier alpha value is -0.500. The summed E-state index contributed by atoms with van der Waals surface area (Å²) in [6.45, 7) is -0.344. The molecule has 21 heavy (non-hydrogen) atoms. The van der Waals surface area contributed by atoms with Gasteiger partial charge in [0.05, 0.1) is 15.7 Å². The predicted molar refractivity (Wildman–Crippen MR) is 78.8 cm³/mol. The summed E-state index contributed by atoms with van der Waals surface area (Å²) >= 11 is 15.0. The summed E-state index contributed by atoms with van der Waals surface area (Å²) in [5, 5.41) is 4.90. The van der Waals surface area contributed by atoms with E-state index in [1.54, 1.807) is 0 Å². The first-order valence-corrected chi connectivity index (χ1v) is 7.46. The van der Waals surface area contributed by atoms with Gasteiger partial charge in [-0.1, -0.05) is 39.1 Å². The Kier molecular flexibility index (Phi) is 4.78. The van der Waals surface area contributed by atoms with Crippen molar-refractivity contribution in [3.05, 3.63) is 26.7 Å². The number of anilines is 1. The number of carbonyl (C=O) groups is 1. The van der Waals surface area contributed by atoms with Crippen LogP contribution < -0.4 is 10.6 Å². The van der Waals surface area contributed by atoms with Crippen LogP contribution >= 0.6 is 39.1 Å². The fourth-order valence-corrected chi connectivity index (χ4v) is 3.45. The lowest BCUT2D eigenvalue weighted by atomic mass is 9.85. The standard InChI is InChI=1S/C12H10BrCl2F3N2O/c13-6-3-7(14)9(8(15)4-6)20-10(21)11(12(16,17)18)1-2-19-5-11/h3-4,19H,1-2,5H2,(H,20,21). The van der Waals surface area contributed by atoms with Crippen LogP contribution in [-0.2, 0) is 4.79 Å². The van der Waals surface area contributed by atoms with E-state index in [2.05, 4.69) is 26.6 Å². The molecule has 1 aromatic rings. The van der Waals surface area contributed by atoms with Crippen molar-refractivity contribution in [1.29, 1.82) is 0 Å². The van der Waals surface area contributed by atoms with Crippen molar-refractivity contribution in [2.75, 3.05) is 18.4 Å². The highest BCUT2D eigenvalue weighted by Gasteiger charge is 2.61. The summed E-state index contributed by atoms with van der Waals surface area (Å²) in [6.07, 6.45) is -4.98. The van der Waals surface area contributed by atoms with Gasteiger partial charge >= 0.3 is 6.18 Å². The highest BCUT2D eigenvalue weighted by molar-refractivity contribution is 9.10. The molecule has 1 fully saturated rings. The quantitative estimate of drug-likeness (QED) is 0.772. The van der Waals surface area contributed by atoms with Gasteiger partial charge in [-0.2, -0.15) is 13.2 Å². The summed E-state index contributed by atoms with van der Waals surface area (Å²) < 4.78 is 40.3. The number of halogens is 6. The van der Waals surface area contributed by atoms with Gasteiger partial charge in [0.25, 0.3) is 0 Å². The lowest BCUT2D eigenvalue weighted by molar-refractivity contribution is -0.213. The summed E-state index contributed by atoms with van der Waals surface area (Å²) in [5.41, 5.74) is -2.49. The Morgan fingerprint density at radius 2 is 1.90 bits per heavy atom.